The lowest BCUT2D eigenvalue weighted by Crippen LogP contribution is -2.50. The van der Waals surface area contributed by atoms with E-state index in [-0.39, 0.29) is 12.4 Å². The third-order valence-electron chi connectivity index (χ3n) is 3.35. The van der Waals surface area contributed by atoms with Crippen molar-refractivity contribution >= 4 is 22.4 Å². The summed E-state index contributed by atoms with van der Waals surface area (Å²) >= 11 is 1.56. The number of methoxy groups -OCH3 is 1. The molecule has 1 N–H and O–H groups in total. The van der Waals surface area contributed by atoms with Gasteiger partial charge in [-0.3, -0.25) is 9.69 Å². The van der Waals surface area contributed by atoms with Crippen LogP contribution in [0.4, 0.5) is 5.13 Å². The van der Waals surface area contributed by atoms with Gasteiger partial charge in [-0.25, -0.2) is 4.98 Å². The van der Waals surface area contributed by atoms with Gasteiger partial charge in [-0.05, 0) is 13.8 Å². The van der Waals surface area contributed by atoms with E-state index >= 15 is 0 Å². The van der Waals surface area contributed by atoms with Crippen LogP contribution in [-0.2, 0) is 16.0 Å². The highest BCUT2D eigenvalue weighted by atomic mass is 32.1. The first-order valence-electron chi connectivity index (χ1n) is 7.08. The SMILES string of the molecule is COC(=O)Cc1csc(N2CCN(CC(C)(C)O)CC2)n1. The highest BCUT2D eigenvalue weighted by Gasteiger charge is 2.24. The first kappa shape index (κ1) is 16.2. The quantitative estimate of drug-likeness (QED) is 0.809. The number of aromatic nitrogens is 1. The largest absolute Gasteiger partial charge is 0.469 e. The predicted octanol–water partition coefficient (Wildman–Crippen LogP) is 0.751. The summed E-state index contributed by atoms with van der Waals surface area (Å²) in [4.78, 5) is 20.2. The fourth-order valence-corrected chi connectivity index (χ4v) is 3.27. The zero-order chi connectivity index (χ0) is 15.5. The van der Waals surface area contributed by atoms with Crippen LogP contribution in [0.5, 0.6) is 0 Å². The normalized spacial score (nSPS) is 17.0. The van der Waals surface area contributed by atoms with Gasteiger partial charge in [0.1, 0.15) is 0 Å². The van der Waals surface area contributed by atoms with Crippen molar-refractivity contribution in [3.05, 3.63) is 11.1 Å². The number of anilines is 1. The molecule has 0 unspecified atom stereocenters. The van der Waals surface area contributed by atoms with Gasteiger partial charge in [-0.2, -0.15) is 0 Å². The number of hydrogen-bond donors (Lipinski definition) is 1. The maximum absolute atomic E-state index is 11.2. The molecule has 0 radical (unpaired) electrons. The smallest absolute Gasteiger partial charge is 0.311 e. The number of ether oxygens (including phenoxy) is 1. The van der Waals surface area contributed by atoms with Crippen LogP contribution >= 0.6 is 11.3 Å². The predicted molar refractivity (Wildman–Crippen MR) is 82.8 cm³/mol. The van der Waals surface area contributed by atoms with Crippen LogP contribution < -0.4 is 4.90 Å². The van der Waals surface area contributed by atoms with Crippen LogP contribution in [0.2, 0.25) is 0 Å². The number of carbonyl (C=O) groups excluding carboxylic acids is 1. The Morgan fingerprint density at radius 3 is 2.67 bits per heavy atom. The number of carbonyl (C=O) groups is 1. The summed E-state index contributed by atoms with van der Waals surface area (Å²) < 4.78 is 4.65. The second-order valence-corrected chi connectivity index (χ2v) is 6.79. The maximum atomic E-state index is 11.2. The Bertz CT molecular complexity index is 476. The minimum atomic E-state index is -0.656. The molecular weight excluding hydrogens is 290 g/mol. The van der Waals surface area contributed by atoms with Crippen molar-refractivity contribution in [1.82, 2.24) is 9.88 Å². The molecule has 0 aliphatic carbocycles. The fraction of sp³-hybridized carbons (Fsp3) is 0.714. The highest BCUT2D eigenvalue weighted by Crippen LogP contribution is 2.22. The molecule has 0 spiro atoms. The third kappa shape index (κ3) is 4.94. The summed E-state index contributed by atoms with van der Waals surface area (Å²) in [7, 11) is 1.39. The Kier molecular flexibility index (Phi) is 5.18. The van der Waals surface area contributed by atoms with E-state index in [0.29, 0.717) is 6.54 Å². The number of esters is 1. The van der Waals surface area contributed by atoms with Crippen LogP contribution in [-0.4, -0.2) is 66.4 Å². The molecule has 0 amide bonds. The number of piperazine rings is 1. The van der Waals surface area contributed by atoms with Crippen LogP contribution in [0.3, 0.4) is 0 Å². The summed E-state index contributed by atoms with van der Waals surface area (Å²) in [5, 5.41) is 12.7. The molecule has 1 aliphatic rings. The van der Waals surface area contributed by atoms with Crippen molar-refractivity contribution in [2.45, 2.75) is 25.9 Å². The van der Waals surface area contributed by atoms with Gasteiger partial charge in [0.15, 0.2) is 5.13 Å². The van der Waals surface area contributed by atoms with E-state index < -0.39 is 5.60 Å². The number of rotatable bonds is 5. The first-order chi connectivity index (χ1) is 9.87. The van der Waals surface area contributed by atoms with Crippen molar-refractivity contribution < 1.29 is 14.6 Å². The Balaban J connectivity index is 1.86. The summed E-state index contributed by atoms with van der Waals surface area (Å²) in [6.07, 6.45) is 0.228. The minimum absolute atomic E-state index is 0.228. The van der Waals surface area contributed by atoms with Crippen LogP contribution in [0.15, 0.2) is 5.38 Å². The van der Waals surface area contributed by atoms with E-state index in [0.717, 1.165) is 37.0 Å². The molecule has 118 valence electrons. The number of hydrogen-bond acceptors (Lipinski definition) is 7. The molecule has 0 saturated carbocycles. The van der Waals surface area contributed by atoms with Gasteiger partial charge in [0, 0.05) is 38.1 Å². The van der Waals surface area contributed by atoms with Gasteiger partial charge in [-0.1, -0.05) is 0 Å². The van der Waals surface area contributed by atoms with Gasteiger partial charge in [0.05, 0.1) is 24.8 Å². The minimum Gasteiger partial charge on any atom is -0.469 e. The number of nitrogens with zero attached hydrogens (tertiary/aromatic N) is 3. The molecule has 1 aliphatic heterocycles. The van der Waals surface area contributed by atoms with Crippen molar-refractivity contribution in [2.24, 2.45) is 0 Å². The van der Waals surface area contributed by atoms with Crippen molar-refractivity contribution in [2.75, 3.05) is 44.7 Å². The lowest BCUT2D eigenvalue weighted by Gasteiger charge is -2.37. The Morgan fingerprint density at radius 1 is 1.43 bits per heavy atom. The average Bonchev–Trinajstić information content (AvgIpc) is 2.86. The second-order valence-electron chi connectivity index (χ2n) is 5.95. The molecule has 0 atom stereocenters. The Morgan fingerprint density at radius 2 is 2.10 bits per heavy atom. The molecule has 6 nitrogen and oxygen atoms in total. The second kappa shape index (κ2) is 6.72. The molecule has 1 saturated heterocycles. The lowest BCUT2D eigenvalue weighted by atomic mass is 10.1. The standard InChI is InChI=1S/C14H23N3O3S/c1-14(2,19)10-16-4-6-17(7-5-16)13-15-11(9-21-13)8-12(18)20-3/h9,19H,4-8,10H2,1-3H3. The van der Waals surface area contributed by atoms with E-state index in [4.69, 9.17) is 0 Å². The van der Waals surface area contributed by atoms with Gasteiger partial charge in [0.2, 0.25) is 0 Å². The molecule has 1 aromatic heterocycles. The number of β-amino-alcohol motifs (C(OH)–C–C–N with tert-alkyl or cyclic N) is 1. The van der Waals surface area contributed by atoms with Gasteiger partial charge < -0.3 is 14.7 Å². The first-order valence-corrected chi connectivity index (χ1v) is 7.96. The van der Waals surface area contributed by atoms with E-state index in [1.807, 2.05) is 19.2 Å². The molecule has 2 rings (SSSR count). The monoisotopic (exact) mass is 313 g/mol. The molecule has 7 heteroatoms. The maximum Gasteiger partial charge on any atom is 0.311 e. The fourth-order valence-electron chi connectivity index (χ4n) is 2.39. The van der Waals surface area contributed by atoms with E-state index in [1.165, 1.54) is 7.11 Å². The molecule has 2 heterocycles. The van der Waals surface area contributed by atoms with Gasteiger partial charge in [-0.15, -0.1) is 11.3 Å². The lowest BCUT2D eigenvalue weighted by molar-refractivity contribution is -0.139. The van der Waals surface area contributed by atoms with E-state index in [2.05, 4.69) is 19.5 Å². The summed E-state index contributed by atoms with van der Waals surface area (Å²) in [5.74, 6) is -0.262. The topological polar surface area (TPSA) is 65.9 Å². The average molecular weight is 313 g/mol. The van der Waals surface area contributed by atoms with Crippen molar-refractivity contribution in [3.8, 4) is 0 Å². The van der Waals surface area contributed by atoms with Crippen molar-refractivity contribution in [1.29, 1.82) is 0 Å². The van der Waals surface area contributed by atoms with Crippen LogP contribution in [0.1, 0.15) is 19.5 Å². The molecular formula is C14H23N3O3S. The van der Waals surface area contributed by atoms with Crippen LogP contribution in [0, 0.1) is 0 Å². The zero-order valence-corrected chi connectivity index (χ0v) is 13.7. The van der Waals surface area contributed by atoms with Gasteiger partial charge >= 0.3 is 5.97 Å². The molecule has 0 aromatic carbocycles. The summed E-state index contributed by atoms with van der Waals surface area (Å²) in [6, 6.07) is 0. The van der Waals surface area contributed by atoms with Gasteiger partial charge in [0.25, 0.3) is 0 Å². The molecule has 0 bridgehead atoms. The van der Waals surface area contributed by atoms with Crippen molar-refractivity contribution in [3.63, 3.8) is 0 Å². The third-order valence-corrected chi connectivity index (χ3v) is 4.30. The van der Waals surface area contributed by atoms with E-state index in [1.54, 1.807) is 11.3 Å². The summed E-state index contributed by atoms with van der Waals surface area (Å²) in [5.41, 5.74) is 0.109. The molecule has 1 aromatic rings. The number of thiazole rings is 1. The summed E-state index contributed by atoms with van der Waals surface area (Å²) in [6.45, 7) is 7.96. The molecule has 1 fully saturated rings. The van der Waals surface area contributed by atoms with E-state index in [9.17, 15) is 9.90 Å². The number of aliphatic hydroxyl groups is 1. The Hall–Kier alpha value is -1.18. The highest BCUT2D eigenvalue weighted by molar-refractivity contribution is 7.13. The zero-order valence-electron chi connectivity index (χ0n) is 12.8. The Labute approximate surface area is 129 Å². The van der Waals surface area contributed by atoms with Crippen LogP contribution in [0.25, 0.3) is 0 Å². The molecule has 21 heavy (non-hydrogen) atoms.